The Bertz CT molecular complexity index is 375. The van der Waals surface area contributed by atoms with E-state index in [4.69, 9.17) is 11.6 Å². The molecule has 0 fully saturated rings. The van der Waals surface area contributed by atoms with Crippen LogP contribution in [-0.4, -0.2) is 10.2 Å². The number of carbonyl (C=O) groups is 1. The number of hydrogen-bond acceptors (Lipinski definition) is 2. The van der Waals surface area contributed by atoms with Crippen LogP contribution in [0.4, 0.5) is 13.2 Å². The van der Waals surface area contributed by atoms with Crippen molar-refractivity contribution in [3.05, 3.63) is 29.1 Å². The molecule has 0 amide bonds. The molecule has 0 atom stereocenters. The van der Waals surface area contributed by atoms with Crippen molar-refractivity contribution in [1.29, 1.82) is 0 Å². The molecule has 0 saturated heterocycles. The van der Waals surface area contributed by atoms with Crippen molar-refractivity contribution < 1.29 is 18.0 Å². The predicted molar refractivity (Wildman–Crippen MR) is 44.2 cm³/mol. The zero-order valence-corrected chi connectivity index (χ0v) is 7.78. The number of halogens is 4. The van der Waals surface area contributed by atoms with Crippen LogP contribution < -0.4 is 0 Å². The van der Waals surface area contributed by atoms with Crippen LogP contribution in [0.5, 0.6) is 0 Å². The number of alkyl halides is 3. The number of pyridine rings is 1. The molecule has 6 heteroatoms. The molecule has 14 heavy (non-hydrogen) atoms. The van der Waals surface area contributed by atoms with Crippen LogP contribution in [0, 0.1) is 6.92 Å². The fraction of sp³-hybridized carbons (Fsp3) is 0.250. The third kappa shape index (κ3) is 2.23. The molecule has 0 saturated carbocycles. The maximum absolute atomic E-state index is 12.3. The largest absolute Gasteiger partial charge is 0.434 e. The molecule has 1 rings (SSSR count). The summed E-state index contributed by atoms with van der Waals surface area (Å²) in [5.41, 5.74) is -1.68. The van der Waals surface area contributed by atoms with E-state index in [9.17, 15) is 18.0 Å². The SMILES string of the molecule is Cc1ccc(C(=O)Cl)c(C(F)(F)F)n1. The monoisotopic (exact) mass is 223 g/mol. The summed E-state index contributed by atoms with van der Waals surface area (Å²) in [7, 11) is 0. The van der Waals surface area contributed by atoms with Gasteiger partial charge in [-0.05, 0) is 30.7 Å². The van der Waals surface area contributed by atoms with Crippen LogP contribution in [0.2, 0.25) is 0 Å². The van der Waals surface area contributed by atoms with Gasteiger partial charge in [-0.3, -0.25) is 4.79 Å². The molecular formula is C8H5ClF3NO. The second-order valence-corrected chi connectivity index (χ2v) is 2.96. The smallest absolute Gasteiger partial charge is 0.276 e. The van der Waals surface area contributed by atoms with Gasteiger partial charge in [0, 0.05) is 5.69 Å². The van der Waals surface area contributed by atoms with Crippen LogP contribution >= 0.6 is 11.6 Å². The van der Waals surface area contributed by atoms with E-state index in [2.05, 4.69) is 4.98 Å². The van der Waals surface area contributed by atoms with Gasteiger partial charge in [-0.25, -0.2) is 4.98 Å². The van der Waals surface area contributed by atoms with Gasteiger partial charge in [0.2, 0.25) is 0 Å². The van der Waals surface area contributed by atoms with E-state index < -0.39 is 22.7 Å². The minimum absolute atomic E-state index is 0.180. The highest BCUT2D eigenvalue weighted by atomic mass is 35.5. The molecular weight excluding hydrogens is 219 g/mol. The Hall–Kier alpha value is -1.10. The number of rotatable bonds is 1. The van der Waals surface area contributed by atoms with E-state index >= 15 is 0 Å². The second-order valence-electron chi connectivity index (χ2n) is 2.62. The summed E-state index contributed by atoms with van der Waals surface area (Å²) in [6, 6.07) is 2.31. The van der Waals surface area contributed by atoms with Gasteiger partial charge in [0.25, 0.3) is 5.24 Å². The van der Waals surface area contributed by atoms with E-state index in [1.165, 1.54) is 13.0 Å². The predicted octanol–water partition coefficient (Wildman–Crippen LogP) is 2.79. The highest BCUT2D eigenvalue weighted by Gasteiger charge is 2.36. The molecule has 0 aromatic carbocycles. The Morgan fingerprint density at radius 3 is 2.43 bits per heavy atom. The Kier molecular flexibility index (Phi) is 2.80. The normalized spacial score (nSPS) is 11.5. The first-order valence-corrected chi connectivity index (χ1v) is 3.95. The van der Waals surface area contributed by atoms with Gasteiger partial charge in [-0.2, -0.15) is 13.2 Å². The first-order valence-electron chi connectivity index (χ1n) is 3.57. The Balaban J connectivity index is 3.38. The van der Waals surface area contributed by atoms with Crippen LogP contribution in [0.15, 0.2) is 12.1 Å². The van der Waals surface area contributed by atoms with Gasteiger partial charge in [-0.1, -0.05) is 0 Å². The van der Waals surface area contributed by atoms with Crippen molar-refractivity contribution in [3.8, 4) is 0 Å². The van der Waals surface area contributed by atoms with Crippen LogP contribution in [0.1, 0.15) is 21.7 Å². The van der Waals surface area contributed by atoms with E-state index in [1.807, 2.05) is 0 Å². The highest BCUT2D eigenvalue weighted by molar-refractivity contribution is 6.67. The molecule has 0 spiro atoms. The van der Waals surface area contributed by atoms with Gasteiger partial charge in [0.1, 0.15) is 0 Å². The van der Waals surface area contributed by atoms with Crippen molar-refractivity contribution in [2.75, 3.05) is 0 Å². The Morgan fingerprint density at radius 2 is 2.00 bits per heavy atom. The molecule has 2 nitrogen and oxygen atoms in total. The summed E-state index contributed by atoms with van der Waals surface area (Å²) < 4.78 is 36.9. The van der Waals surface area contributed by atoms with Gasteiger partial charge in [0.15, 0.2) is 5.69 Å². The fourth-order valence-electron chi connectivity index (χ4n) is 0.931. The minimum Gasteiger partial charge on any atom is -0.276 e. The molecule has 1 aromatic heterocycles. The van der Waals surface area contributed by atoms with Crippen LogP contribution in [-0.2, 0) is 6.18 Å². The average Bonchev–Trinajstić information content (AvgIpc) is 2.01. The average molecular weight is 224 g/mol. The fourth-order valence-corrected chi connectivity index (χ4v) is 1.08. The standard InChI is InChI=1S/C8H5ClF3NO/c1-4-2-3-5(7(9)14)6(13-4)8(10,11)12/h2-3H,1H3. The number of carbonyl (C=O) groups excluding carboxylic acids is 1. The lowest BCUT2D eigenvalue weighted by Gasteiger charge is -2.09. The molecule has 1 aromatic rings. The lowest BCUT2D eigenvalue weighted by Crippen LogP contribution is -2.14. The topological polar surface area (TPSA) is 30.0 Å². The second kappa shape index (κ2) is 3.57. The molecule has 0 bridgehead atoms. The lowest BCUT2D eigenvalue weighted by molar-refractivity contribution is -0.141. The maximum Gasteiger partial charge on any atom is 0.434 e. The summed E-state index contributed by atoms with van der Waals surface area (Å²) in [5, 5.41) is -1.16. The molecule has 76 valence electrons. The molecule has 0 radical (unpaired) electrons. The number of aryl methyl sites for hydroxylation is 1. The summed E-state index contributed by atoms with van der Waals surface area (Å²) in [6.07, 6.45) is -4.66. The zero-order chi connectivity index (χ0) is 10.9. The Morgan fingerprint density at radius 1 is 1.43 bits per heavy atom. The quantitative estimate of drug-likeness (QED) is 0.686. The number of hydrogen-bond donors (Lipinski definition) is 0. The number of aromatic nitrogens is 1. The molecule has 1 heterocycles. The molecule has 0 aliphatic carbocycles. The van der Waals surface area contributed by atoms with Gasteiger partial charge < -0.3 is 0 Å². The number of nitrogens with zero attached hydrogens (tertiary/aromatic N) is 1. The van der Waals surface area contributed by atoms with Gasteiger partial charge in [-0.15, -0.1) is 0 Å². The van der Waals surface area contributed by atoms with Crippen molar-refractivity contribution >= 4 is 16.8 Å². The van der Waals surface area contributed by atoms with E-state index in [1.54, 1.807) is 0 Å². The molecule has 0 aliphatic rings. The highest BCUT2D eigenvalue weighted by Crippen LogP contribution is 2.31. The third-order valence-electron chi connectivity index (χ3n) is 1.51. The van der Waals surface area contributed by atoms with E-state index in [0.29, 0.717) is 0 Å². The first-order chi connectivity index (χ1) is 6.32. The van der Waals surface area contributed by atoms with E-state index in [-0.39, 0.29) is 5.69 Å². The zero-order valence-electron chi connectivity index (χ0n) is 7.02. The van der Waals surface area contributed by atoms with Crippen LogP contribution in [0.25, 0.3) is 0 Å². The summed E-state index contributed by atoms with van der Waals surface area (Å²) >= 11 is 4.99. The van der Waals surface area contributed by atoms with Crippen LogP contribution in [0.3, 0.4) is 0 Å². The third-order valence-corrected chi connectivity index (χ3v) is 1.72. The lowest BCUT2D eigenvalue weighted by atomic mass is 10.2. The maximum atomic E-state index is 12.3. The van der Waals surface area contributed by atoms with Crippen molar-refractivity contribution in [2.24, 2.45) is 0 Å². The Labute approximate surface area is 82.7 Å². The van der Waals surface area contributed by atoms with Gasteiger partial charge in [0.05, 0.1) is 5.56 Å². The van der Waals surface area contributed by atoms with E-state index in [0.717, 1.165) is 6.07 Å². The van der Waals surface area contributed by atoms with Crippen molar-refractivity contribution in [1.82, 2.24) is 4.98 Å². The minimum atomic E-state index is -4.66. The summed E-state index contributed by atoms with van der Waals surface area (Å²) in [6.45, 7) is 1.40. The van der Waals surface area contributed by atoms with Gasteiger partial charge >= 0.3 is 6.18 Å². The summed E-state index contributed by atoms with van der Waals surface area (Å²) in [5.74, 6) is 0. The molecule has 0 unspecified atom stereocenters. The molecule has 0 aliphatic heterocycles. The van der Waals surface area contributed by atoms with Crippen molar-refractivity contribution in [3.63, 3.8) is 0 Å². The molecule has 0 N–H and O–H groups in total. The summed E-state index contributed by atoms with van der Waals surface area (Å²) in [4.78, 5) is 13.9. The first kappa shape index (κ1) is 11.0. The van der Waals surface area contributed by atoms with Crippen molar-refractivity contribution in [2.45, 2.75) is 13.1 Å².